The lowest BCUT2D eigenvalue weighted by molar-refractivity contribution is 0.778. The van der Waals surface area contributed by atoms with Crippen molar-refractivity contribution in [2.45, 2.75) is 48.8 Å². The molecule has 0 aliphatic carbocycles. The van der Waals surface area contributed by atoms with E-state index in [9.17, 15) is 0 Å². The van der Waals surface area contributed by atoms with E-state index in [1.54, 1.807) is 4.90 Å². The Morgan fingerprint density at radius 1 is 0.952 bits per heavy atom. The van der Waals surface area contributed by atoms with Gasteiger partial charge in [0.2, 0.25) is 0 Å². The summed E-state index contributed by atoms with van der Waals surface area (Å²) in [7, 11) is 0.536. The van der Waals surface area contributed by atoms with Gasteiger partial charge >= 0.3 is 0 Å². The Labute approximate surface area is 136 Å². The fourth-order valence-electron chi connectivity index (χ4n) is 2.90. The SMILES string of the molecule is CCCCCSc1ccc2cc([S+]3CCCC3)ccc2c1. The highest BCUT2D eigenvalue weighted by Crippen LogP contribution is 2.29. The van der Waals surface area contributed by atoms with Crippen LogP contribution in [0, 0.1) is 0 Å². The van der Waals surface area contributed by atoms with E-state index in [0.717, 1.165) is 0 Å². The monoisotopic (exact) mass is 317 g/mol. The Morgan fingerprint density at radius 3 is 2.52 bits per heavy atom. The van der Waals surface area contributed by atoms with Crippen LogP contribution in [0.5, 0.6) is 0 Å². The largest absolute Gasteiger partial charge is 0.155 e. The fraction of sp³-hybridized carbons (Fsp3) is 0.474. The molecular formula is C19H25S2+. The molecule has 0 unspecified atom stereocenters. The molecule has 21 heavy (non-hydrogen) atoms. The van der Waals surface area contributed by atoms with Crippen LogP contribution in [0.1, 0.15) is 39.0 Å². The van der Waals surface area contributed by atoms with Crippen molar-refractivity contribution in [1.82, 2.24) is 0 Å². The van der Waals surface area contributed by atoms with Gasteiger partial charge in [0, 0.05) is 21.9 Å². The molecule has 0 radical (unpaired) electrons. The van der Waals surface area contributed by atoms with Gasteiger partial charge in [-0.25, -0.2) is 0 Å². The van der Waals surface area contributed by atoms with Crippen LogP contribution in [0.15, 0.2) is 46.2 Å². The zero-order chi connectivity index (χ0) is 14.5. The van der Waals surface area contributed by atoms with Crippen LogP contribution < -0.4 is 0 Å². The zero-order valence-corrected chi connectivity index (χ0v) is 14.6. The summed E-state index contributed by atoms with van der Waals surface area (Å²) in [5.41, 5.74) is 0. The van der Waals surface area contributed by atoms with Crippen LogP contribution in [0.2, 0.25) is 0 Å². The van der Waals surface area contributed by atoms with Crippen LogP contribution >= 0.6 is 11.8 Å². The van der Waals surface area contributed by atoms with Crippen molar-refractivity contribution in [2.75, 3.05) is 17.3 Å². The van der Waals surface area contributed by atoms with Crippen LogP contribution in [0.25, 0.3) is 10.8 Å². The second-order valence-electron chi connectivity index (χ2n) is 5.83. The fourth-order valence-corrected chi connectivity index (χ4v) is 6.20. The maximum atomic E-state index is 2.44. The van der Waals surface area contributed by atoms with Crippen molar-refractivity contribution in [3.05, 3.63) is 36.4 Å². The van der Waals surface area contributed by atoms with E-state index in [1.807, 2.05) is 11.8 Å². The predicted molar refractivity (Wildman–Crippen MR) is 98.8 cm³/mol. The summed E-state index contributed by atoms with van der Waals surface area (Å²) in [6.07, 6.45) is 6.85. The molecular weight excluding hydrogens is 292 g/mol. The van der Waals surface area contributed by atoms with Gasteiger partial charge in [0.15, 0.2) is 4.90 Å². The van der Waals surface area contributed by atoms with Gasteiger partial charge in [0.1, 0.15) is 11.5 Å². The summed E-state index contributed by atoms with van der Waals surface area (Å²) in [4.78, 5) is 3.01. The third-order valence-electron chi connectivity index (χ3n) is 4.16. The van der Waals surface area contributed by atoms with Crippen molar-refractivity contribution in [3.63, 3.8) is 0 Å². The Kier molecular flexibility index (Phi) is 5.54. The topological polar surface area (TPSA) is 0 Å². The molecule has 0 bridgehead atoms. The number of hydrogen-bond donors (Lipinski definition) is 0. The maximum Gasteiger partial charge on any atom is 0.155 e. The predicted octanol–water partition coefficient (Wildman–Crippen LogP) is 5.89. The van der Waals surface area contributed by atoms with Crippen LogP contribution in [-0.4, -0.2) is 17.3 Å². The lowest BCUT2D eigenvalue weighted by Gasteiger charge is -2.06. The second kappa shape index (κ2) is 7.60. The van der Waals surface area contributed by atoms with Gasteiger partial charge in [-0.2, -0.15) is 0 Å². The second-order valence-corrected chi connectivity index (χ2v) is 9.28. The van der Waals surface area contributed by atoms with Crippen molar-refractivity contribution in [1.29, 1.82) is 0 Å². The van der Waals surface area contributed by atoms with E-state index < -0.39 is 0 Å². The molecule has 0 N–H and O–H groups in total. The van der Waals surface area contributed by atoms with Crippen LogP contribution in [-0.2, 0) is 10.9 Å². The number of unbranched alkanes of at least 4 members (excludes halogenated alkanes) is 2. The molecule has 1 saturated heterocycles. The lowest BCUT2D eigenvalue weighted by Crippen LogP contribution is -2.03. The van der Waals surface area contributed by atoms with Crippen molar-refractivity contribution in [3.8, 4) is 0 Å². The molecule has 0 spiro atoms. The minimum Gasteiger partial charge on any atom is -0.126 e. The normalized spacial score (nSPS) is 15.9. The molecule has 0 nitrogen and oxygen atoms in total. The lowest BCUT2D eigenvalue weighted by atomic mass is 10.1. The average molecular weight is 318 g/mol. The molecule has 1 heterocycles. The van der Waals surface area contributed by atoms with E-state index in [4.69, 9.17) is 0 Å². The molecule has 2 heteroatoms. The Bertz CT molecular complexity index is 585. The van der Waals surface area contributed by atoms with Crippen molar-refractivity contribution < 1.29 is 0 Å². The first-order chi connectivity index (χ1) is 10.4. The number of thioether (sulfide) groups is 1. The molecule has 1 fully saturated rings. The van der Waals surface area contributed by atoms with Gasteiger partial charge in [-0.15, -0.1) is 11.8 Å². The molecule has 0 atom stereocenters. The van der Waals surface area contributed by atoms with Gasteiger partial charge in [-0.3, -0.25) is 0 Å². The minimum atomic E-state index is 0.536. The van der Waals surface area contributed by atoms with Gasteiger partial charge in [0.05, 0.1) is 0 Å². The molecule has 3 rings (SSSR count). The van der Waals surface area contributed by atoms with Gasteiger partial charge in [0.25, 0.3) is 0 Å². The first kappa shape index (κ1) is 15.3. The molecule has 1 aliphatic heterocycles. The molecule has 0 amide bonds. The number of hydrogen-bond acceptors (Lipinski definition) is 1. The van der Waals surface area contributed by atoms with E-state index in [0.29, 0.717) is 10.9 Å². The Hall–Kier alpha value is -0.600. The summed E-state index contributed by atoms with van der Waals surface area (Å²) in [6.45, 7) is 2.27. The highest BCUT2D eigenvalue weighted by molar-refractivity contribution is 7.99. The first-order valence-electron chi connectivity index (χ1n) is 8.21. The van der Waals surface area contributed by atoms with E-state index in [2.05, 4.69) is 43.3 Å². The smallest absolute Gasteiger partial charge is 0.126 e. The molecule has 2 aromatic rings. The number of rotatable bonds is 6. The standard InChI is InChI=1S/C19H25S2/c1-2-3-4-11-20-18-9-7-17-15-19(10-8-16(17)14-18)21-12-5-6-13-21/h7-10,14-15H,2-6,11-13H2,1H3/q+1. The maximum absolute atomic E-state index is 2.44. The Balaban J connectivity index is 1.71. The summed E-state index contributed by atoms with van der Waals surface area (Å²) >= 11 is 2.01. The van der Waals surface area contributed by atoms with Crippen LogP contribution in [0.3, 0.4) is 0 Å². The minimum absolute atomic E-state index is 0.536. The summed E-state index contributed by atoms with van der Waals surface area (Å²) in [5.74, 6) is 4.08. The van der Waals surface area contributed by atoms with Gasteiger partial charge < -0.3 is 0 Å². The van der Waals surface area contributed by atoms with Crippen molar-refractivity contribution in [2.24, 2.45) is 0 Å². The van der Waals surface area contributed by atoms with Gasteiger partial charge in [-0.1, -0.05) is 25.8 Å². The molecule has 1 aliphatic rings. The van der Waals surface area contributed by atoms with E-state index in [1.165, 1.54) is 65.0 Å². The summed E-state index contributed by atoms with van der Waals surface area (Å²) in [6, 6.07) is 14.2. The highest BCUT2D eigenvalue weighted by atomic mass is 32.2. The zero-order valence-electron chi connectivity index (χ0n) is 12.9. The van der Waals surface area contributed by atoms with E-state index in [-0.39, 0.29) is 0 Å². The molecule has 0 aromatic heterocycles. The summed E-state index contributed by atoms with van der Waals surface area (Å²) < 4.78 is 0. The van der Waals surface area contributed by atoms with Gasteiger partial charge in [-0.05, 0) is 60.1 Å². The third kappa shape index (κ3) is 3.98. The molecule has 2 aromatic carbocycles. The van der Waals surface area contributed by atoms with E-state index >= 15 is 0 Å². The highest BCUT2D eigenvalue weighted by Gasteiger charge is 2.26. The Morgan fingerprint density at radius 2 is 1.71 bits per heavy atom. The first-order valence-corrected chi connectivity index (χ1v) is 10.8. The number of fused-ring (bicyclic) bond motifs is 1. The van der Waals surface area contributed by atoms with Crippen molar-refractivity contribution >= 4 is 33.4 Å². The van der Waals surface area contributed by atoms with Crippen LogP contribution in [0.4, 0.5) is 0 Å². The molecule has 0 saturated carbocycles. The summed E-state index contributed by atoms with van der Waals surface area (Å²) in [5, 5.41) is 2.83. The quantitative estimate of drug-likeness (QED) is 0.363. The number of benzene rings is 2. The average Bonchev–Trinajstić information content (AvgIpc) is 3.05. The third-order valence-corrected chi connectivity index (χ3v) is 7.73. The molecule has 112 valence electrons.